The fraction of sp³-hybridized carbons (Fsp3) is 0.412. The summed E-state index contributed by atoms with van der Waals surface area (Å²) >= 11 is 0. The quantitative estimate of drug-likeness (QED) is 0.839. The maximum atomic E-state index is 10.7. The van der Waals surface area contributed by atoms with E-state index >= 15 is 0 Å². The molecule has 2 N–H and O–H groups in total. The number of nitrogens with one attached hydrogen (secondary N) is 1. The first-order chi connectivity index (χ1) is 10.7. The summed E-state index contributed by atoms with van der Waals surface area (Å²) in [5.41, 5.74) is 1.66. The van der Waals surface area contributed by atoms with E-state index in [1.807, 2.05) is 24.5 Å². The Labute approximate surface area is 131 Å². The highest BCUT2D eigenvalue weighted by Crippen LogP contribution is 2.19. The third kappa shape index (κ3) is 4.10. The van der Waals surface area contributed by atoms with Crippen molar-refractivity contribution in [3.63, 3.8) is 0 Å². The minimum absolute atomic E-state index is 0.643. The Morgan fingerprint density at radius 1 is 1.09 bits per heavy atom. The lowest BCUT2D eigenvalue weighted by molar-refractivity contribution is 0.0156. The Morgan fingerprint density at radius 2 is 1.73 bits per heavy atom. The lowest BCUT2D eigenvalue weighted by Crippen LogP contribution is -2.44. The molecule has 0 bridgehead atoms. The number of aromatic nitrogens is 2. The zero-order valence-corrected chi connectivity index (χ0v) is 12.7. The van der Waals surface area contributed by atoms with Crippen molar-refractivity contribution < 1.29 is 5.11 Å². The number of pyridine rings is 2. The van der Waals surface area contributed by atoms with Gasteiger partial charge in [0.05, 0.1) is 5.60 Å². The number of aliphatic hydroxyl groups is 1. The van der Waals surface area contributed by atoms with Gasteiger partial charge in [-0.2, -0.15) is 0 Å². The van der Waals surface area contributed by atoms with Gasteiger partial charge in [0.1, 0.15) is 0 Å². The molecule has 3 heterocycles. The third-order valence-corrected chi connectivity index (χ3v) is 4.00. The normalized spacial score (nSPS) is 21.4. The Balaban J connectivity index is 1.72. The molecule has 22 heavy (non-hydrogen) atoms. The van der Waals surface area contributed by atoms with Crippen LogP contribution in [0, 0.1) is 0 Å². The van der Waals surface area contributed by atoms with Crippen LogP contribution in [0.4, 0.5) is 0 Å². The lowest BCUT2D eigenvalue weighted by Gasteiger charge is -2.31. The van der Waals surface area contributed by atoms with Crippen LogP contribution in [0.2, 0.25) is 0 Å². The summed E-state index contributed by atoms with van der Waals surface area (Å²) in [7, 11) is 0. The second kappa shape index (κ2) is 6.96. The zero-order valence-electron chi connectivity index (χ0n) is 12.7. The van der Waals surface area contributed by atoms with Gasteiger partial charge in [-0.25, -0.2) is 0 Å². The molecule has 0 aliphatic carbocycles. The summed E-state index contributed by atoms with van der Waals surface area (Å²) in [5, 5.41) is 13.9. The second-order valence-electron chi connectivity index (χ2n) is 6.02. The van der Waals surface area contributed by atoms with Gasteiger partial charge in [0.2, 0.25) is 0 Å². The van der Waals surface area contributed by atoms with Crippen molar-refractivity contribution >= 4 is 0 Å². The average Bonchev–Trinajstić information content (AvgIpc) is 2.95. The molecule has 5 nitrogen and oxygen atoms in total. The molecule has 1 saturated heterocycles. The first kappa shape index (κ1) is 15.1. The van der Waals surface area contributed by atoms with Gasteiger partial charge < -0.3 is 10.4 Å². The van der Waals surface area contributed by atoms with E-state index in [2.05, 4.69) is 32.3 Å². The van der Waals surface area contributed by atoms with Crippen LogP contribution in [0.1, 0.15) is 17.5 Å². The predicted octanol–water partition coefficient (Wildman–Crippen LogP) is 1.20. The molecule has 1 fully saturated rings. The maximum Gasteiger partial charge on any atom is 0.0909 e. The second-order valence-corrected chi connectivity index (χ2v) is 6.02. The van der Waals surface area contributed by atoms with E-state index in [9.17, 15) is 5.11 Å². The molecule has 2 aromatic heterocycles. The first-order valence-corrected chi connectivity index (χ1v) is 7.67. The third-order valence-electron chi connectivity index (χ3n) is 4.00. The smallest absolute Gasteiger partial charge is 0.0909 e. The number of β-amino-alcohol motifs (C(OH)–C–C–N with tert-alkyl or cyclic N) is 1. The Bertz CT molecular complexity index is 528. The molecule has 0 unspecified atom stereocenters. The SMILES string of the molecule is O[C@]1(CN(Cc2cccnc2)Cc2cccnc2)CCNC1. The van der Waals surface area contributed by atoms with Gasteiger partial charge in [-0.05, 0) is 36.2 Å². The van der Waals surface area contributed by atoms with Crippen molar-refractivity contribution in [3.8, 4) is 0 Å². The van der Waals surface area contributed by atoms with E-state index < -0.39 is 5.60 Å². The van der Waals surface area contributed by atoms with Gasteiger partial charge in [-0.15, -0.1) is 0 Å². The largest absolute Gasteiger partial charge is 0.387 e. The highest BCUT2D eigenvalue weighted by Gasteiger charge is 2.33. The summed E-state index contributed by atoms with van der Waals surface area (Å²) < 4.78 is 0. The van der Waals surface area contributed by atoms with E-state index in [1.54, 1.807) is 12.4 Å². The highest BCUT2D eigenvalue weighted by atomic mass is 16.3. The topological polar surface area (TPSA) is 61.3 Å². The van der Waals surface area contributed by atoms with Crippen LogP contribution in [0.5, 0.6) is 0 Å². The Morgan fingerprint density at radius 3 is 2.18 bits per heavy atom. The summed E-state index contributed by atoms with van der Waals surface area (Å²) in [6.07, 6.45) is 8.12. The van der Waals surface area contributed by atoms with Gasteiger partial charge in [0.25, 0.3) is 0 Å². The van der Waals surface area contributed by atoms with E-state index in [4.69, 9.17) is 0 Å². The molecule has 0 saturated carbocycles. The molecule has 116 valence electrons. The Hall–Kier alpha value is -1.82. The van der Waals surface area contributed by atoms with Crippen molar-refractivity contribution in [2.24, 2.45) is 0 Å². The van der Waals surface area contributed by atoms with Crippen LogP contribution in [0.25, 0.3) is 0 Å². The number of hydrogen-bond acceptors (Lipinski definition) is 5. The molecule has 1 aliphatic heterocycles. The number of nitrogens with zero attached hydrogens (tertiary/aromatic N) is 3. The molecule has 0 spiro atoms. The molecular formula is C17H22N4O. The minimum atomic E-state index is -0.648. The fourth-order valence-electron chi connectivity index (χ4n) is 2.95. The van der Waals surface area contributed by atoms with Crippen LogP contribution >= 0.6 is 0 Å². The van der Waals surface area contributed by atoms with E-state index in [1.165, 1.54) is 0 Å². The fourth-order valence-corrected chi connectivity index (χ4v) is 2.95. The first-order valence-electron chi connectivity index (χ1n) is 7.67. The summed E-state index contributed by atoms with van der Waals surface area (Å²) in [6, 6.07) is 8.03. The van der Waals surface area contributed by atoms with E-state index in [0.717, 1.165) is 37.2 Å². The number of hydrogen-bond donors (Lipinski definition) is 2. The molecule has 5 heteroatoms. The molecule has 0 aromatic carbocycles. The van der Waals surface area contributed by atoms with Crippen molar-refractivity contribution in [2.75, 3.05) is 19.6 Å². The van der Waals surface area contributed by atoms with Gasteiger partial charge >= 0.3 is 0 Å². The van der Waals surface area contributed by atoms with Crippen LogP contribution in [-0.2, 0) is 13.1 Å². The van der Waals surface area contributed by atoms with Gasteiger partial charge in [0, 0.05) is 51.0 Å². The van der Waals surface area contributed by atoms with Crippen LogP contribution in [0.3, 0.4) is 0 Å². The van der Waals surface area contributed by atoms with Gasteiger partial charge in [-0.3, -0.25) is 14.9 Å². The Kier molecular flexibility index (Phi) is 4.77. The summed E-state index contributed by atoms with van der Waals surface area (Å²) in [6.45, 7) is 3.72. The summed E-state index contributed by atoms with van der Waals surface area (Å²) in [5.74, 6) is 0. The molecule has 0 amide bonds. The van der Waals surface area contributed by atoms with Crippen LogP contribution in [-0.4, -0.2) is 45.2 Å². The molecule has 3 rings (SSSR count). The molecule has 1 atom stereocenters. The van der Waals surface area contributed by atoms with Crippen molar-refractivity contribution in [1.29, 1.82) is 0 Å². The average molecular weight is 298 g/mol. The molecular weight excluding hydrogens is 276 g/mol. The monoisotopic (exact) mass is 298 g/mol. The maximum absolute atomic E-state index is 10.7. The molecule has 1 aliphatic rings. The van der Waals surface area contributed by atoms with Crippen molar-refractivity contribution in [3.05, 3.63) is 60.2 Å². The highest BCUT2D eigenvalue weighted by molar-refractivity contribution is 5.12. The number of rotatable bonds is 6. The van der Waals surface area contributed by atoms with Crippen LogP contribution < -0.4 is 5.32 Å². The van der Waals surface area contributed by atoms with E-state index in [-0.39, 0.29) is 0 Å². The lowest BCUT2D eigenvalue weighted by atomic mass is 10.0. The van der Waals surface area contributed by atoms with Crippen molar-refractivity contribution in [1.82, 2.24) is 20.2 Å². The standard InChI is InChI=1S/C17H22N4O/c22-17(5-8-20-13-17)14-21(11-15-3-1-6-18-9-15)12-16-4-2-7-19-10-16/h1-4,6-7,9-10,20,22H,5,8,11-14H2/t17-/m1/s1. The predicted molar refractivity (Wildman–Crippen MR) is 85.0 cm³/mol. The van der Waals surface area contributed by atoms with Gasteiger partial charge in [0.15, 0.2) is 0 Å². The van der Waals surface area contributed by atoms with Gasteiger partial charge in [-0.1, -0.05) is 12.1 Å². The van der Waals surface area contributed by atoms with Crippen LogP contribution in [0.15, 0.2) is 49.1 Å². The van der Waals surface area contributed by atoms with Crippen molar-refractivity contribution in [2.45, 2.75) is 25.1 Å². The van der Waals surface area contributed by atoms with E-state index in [0.29, 0.717) is 13.1 Å². The zero-order chi connectivity index (χ0) is 15.3. The molecule has 2 aromatic rings. The molecule has 0 radical (unpaired) electrons. The minimum Gasteiger partial charge on any atom is -0.387 e. The summed E-state index contributed by atoms with van der Waals surface area (Å²) in [4.78, 5) is 10.6.